The molecule has 0 spiro atoms. The fourth-order valence-corrected chi connectivity index (χ4v) is 2.22. The van der Waals surface area contributed by atoms with Crippen LogP contribution in [0.25, 0.3) is 0 Å². The van der Waals surface area contributed by atoms with Crippen LogP contribution in [0.2, 0.25) is 0 Å². The molecule has 2 nitrogen and oxygen atoms in total. The fourth-order valence-electron chi connectivity index (χ4n) is 2.22. The molecule has 0 amide bonds. The Labute approximate surface area is 91.9 Å². The third-order valence-corrected chi connectivity index (χ3v) is 3.55. The second kappa shape index (κ2) is 4.48. The quantitative estimate of drug-likeness (QED) is 0.773. The third kappa shape index (κ3) is 3.16. The van der Waals surface area contributed by atoms with E-state index in [4.69, 9.17) is 5.73 Å². The maximum Gasteiger partial charge on any atom is 0.160 e. The molecule has 1 saturated carbocycles. The maximum atomic E-state index is 12.0. The Morgan fingerprint density at radius 1 is 1.27 bits per heavy atom. The van der Waals surface area contributed by atoms with Crippen molar-refractivity contribution in [3.8, 4) is 0 Å². The minimum atomic E-state index is -0.125. The van der Waals surface area contributed by atoms with Gasteiger partial charge >= 0.3 is 0 Å². The van der Waals surface area contributed by atoms with E-state index in [9.17, 15) is 4.79 Å². The number of hydrogen-bond donors (Lipinski definition) is 1. The summed E-state index contributed by atoms with van der Waals surface area (Å²) in [6, 6.07) is 0. The van der Waals surface area contributed by atoms with Crippen LogP contribution in [0, 0.1) is 0 Å². The fraction of sp³-hybridized carbons (Fsp3) is 0.769. The van der Waals surface area contributed by atoms with Crippen LogP contribution in [0.3, 0.4) is 0 Å². The monoisotopic (exact) mass is 207 g/mol. The molecular formula is C13H21NO. The van der Waals surface area contributed by atoms with E-state index in [0.717, 1.165) is 31.3 Å². The molecule has 0 heterocycles. The van der Waals surface area contributed by atoms with Gasteiger partial charge in [0.2, 0.25) is 0 Å². The van der Waals surface area contributed by atoms with Crippen molar-refractivity contribution < 1.29 is 4.79 Å². The number of nitrogens with two attached hydrogens (primary N) is 1. The summed E-state index contributed by atoms with van der Waals surface area (Å²) in [6.07, 6.45) is 11.9. The molecule has 0 aromatic heterocycles. The van der Waals surface area contributed by atoms with E-state index in [1.165, 1.54) is 25.7 Å². The van der Waals surface area contributed by atoms with Crippen molar-refractivity contribution in [1.29, 1.82) is 0 Å². The number of carbonyl (C=O) groups excluding carboxylic acids is 1. The Bertz CT molecular complexity index is 276. The highest BCUT2D eigenvalue weighted by atomic mass is 16.1. The van der Waals surface area contributed by atoms with Gasteiger partial charge in [0.1, 0.15) is 0 Å². The first-order chi connectivity index (χ1) is 7.20. The Kier molecular flexibility index (Phi) is 3.25. The normalized spacial score (nSPS) is 28.5. The van der Waals surface area contributed by atoms with Gasteiger partial charge < -0.3 is 5.73 Å². The number of rotatable bonds is 3. The van der Waals surface area contributed by atoms with E-state index in [2.05, 4.69) is 6.08 Å². The number of allylic oxidation sites excluding steroid dienone is 2. The molecule has 0 unspecified atom stereocenters. The number of carbonyl (C=O) groups is 1. The SMILES string of the molecule is NC1(CC(=O)/C2=C/CCCCCC2)CC1. The lowest BCUT2D eigenvalue weighted by Crippen LogP contribution is -2.26. The van der Waals surface area contributed by atoms with Gasteiger partial charge in [-0.1, -0.05) is 18.9 Å². The molecular weight excluding hydrogens is 186 g/mol. The average Bonchev–Trinajstić information content (AvgIpc) is 2.81. The maximum absolute atomic E-state index is 12.0. The smallest absolute Gasteiger partial charge is 0.160 e. The Morgan fingerprint density at radius 3 is 2.73 bits per heavy atom. The predicted molar refractivity (Wildman–Crippen MR) is 61.6 cm³/mol. The van der Waals surface area contributed by atoms with Gasteiger partial charge in [-0.2, -0.15) is 0 Å². The predicted octanol–water partition coefficient (Wildman–Crippen LogP) is 2.72. The minimum Gasteiger partial charge on any atom is -0.325 e. The molecule has 0 atom stereocenters. The van der Waals surface area contributed by atoms with E-state index >= 15 is 0 Å². The number of Topliss-reactive ketones (excluding diaryl/α,β-unsaturated/α-hetero) is 1. The molecule has 2 rings (SSSR count). The van der Waals surface area contributed by atoms with Gasteiger partial charge in [-0.15, -0.1) is 0 Å². The highest BCUT2D eigenvalue weighted by Gasteiger charge is 2.40. The van der Waals surface area contributed by atoms with Gasteiger partial charge in [-0.3, -0.25) is 4.79 Å². The zero-order valence-corrected chi connectivity index (χ0v) is 9.43. The molecule has 0 aromatic rings. The topological polar surface area (TPSA) is 43.1 Å². The summed E-state index contributed by atoms with van der Waals surface area (Å²) < 4.78 is 0. The highest BCUT2D eigenvalue weighted by Crippen LogP contribution is 2.37. The van der Waals surface area contributed by atoms with Gasteiger partial charge in [0.05, 0.1) is 0 Å². The van der Waals surface area contributed by atoms with Crippen molar-refractivity contribution in [3.63, 3.8) is 0 Å². The molecule has 84 valence electrons. The third-order valence-electron chi connectivity index (χ3n) is 3.55. The lowest BCUT2D eigenvalue weighted by molar-refractivity contribution is -0.116. The van der Waals surface area contributed by atoms with Crippen LogP contribution in [-0.4, -0.2) is 11.3 Å². The Balaban J connectivity index is 1.91. The molecule has 2 aliphatic carbocycles. The van der Waals surface area contributed by atoms with Crippen molar-refractivity contribution in [2.24, 2.45) is 5.73 Å². The molecule has 0 radical (unpaired) electrons. The minimum absolute atomic E-state index is 0.125. The molecule has 2 N–H and O–H groups in total. The summed E-state index contributed by atoms with van der Waals surface area (Å²) in [5, 5.41) is 0. The van der Waals surface area contributed by atoms with Crippen molar-refractivity contribution in [3.05, 3.63) is 11.6 Å². The first kappa shape index (κ1) is 10.9. The second-order valence-corrected chi connectivity index (χ2v) is 5.14. The first-order valence-corrected chi connectivity index (χ1v) is 6.21. The van der Waals surface area contributed by atoms with E-state index in [0.29, 0.717) is 12.2 Å². The lowest BCUT2D eigenvalue weighted by Gasteiger charge is -2.12. The van der Waals surface area contributed by atoms with Crippen LogP contribution in [0.5, 0.6) is 0 Å². The zero-order valence-electron chi connectivity index (χ0n) is 9.43. The second-order valence-electron chi connectivity index (χ2n) is 5.14. The standard InChI is InChI=1S/C13H21NO/c14-13(8-9-13)10-12(15)11-6-4-2-1-3-5-7-11/h6H,1-5,7-10,14H2/b11-6+. The van der Waals surface area contributed by atoms with Gasteiger partial charge in [0, 0.05) is 12.0 Å². The van der Waals surface area contributed by atoms with E-state index in [1.54, 1.807) is 0 Å². The van der Waals surface area contributed by atoms with E-state index in [1.807, 2.05) is 0 Å². The van der Waals surface area contributed by atoms with Gasteiger partial charge in [-0.05, 0) is 44.1 Å². The summed E-state index contributed by atoms with van der Waals surface area (Å²) in [5.41, 5.74) is 6.91. The van der Waals surface area contributed by atoms with Crippen LogP contribution in [0.4, 0.5) is 0 Å². The summed E-state index contributed by atoms with van der Waals surface area (Å²) >= 11 is 0. The van der Waals surface area contributed by atoms with Crippen molar-refractivity contribution in [2.45, 2.75) is 63.3 Å². The van der Waals surface area contributed by atoms with Gasteiger partial charge in [0.25, 0.3) is 0 Å². The molecule has 15 heavy (non-hydrogen) atoms. The molecule has 2 aliphatic rings. The van der Waals surface area contributed by atoms with Crippen LogP contribution < -0.4 is 5.73 Å². The van der Waals surface area contributed by atoms with Crippen LogP contribution in [0.1, 0.15) is 57.8 Å². The first-order valence-electron chi connectivity index (χ1n) is 6.21. The molecule has 1 fully saturated rings. The summed E-state index contributed by atoms with van der Waals surface area (Å²) in [4.78, 5) is 12.0. The Morgan fingerprint density at radius 2 is 2.00 bits per heavy atom. The summed E-state index contributed by atoms with van der Waals surface area (Å²) in [7, 11) is 0. The zero-order chi connectivity index (χ0) is 10.7. The van der Waals surface area contributed by atoms with Crippen LogP contribution >= 0.6 is 0 Å². The van der Waals surface area contributed by atoms with E-state index in [-0.39, 0.29) is 5.54 Å². The van der Waals surface area contributed by atoms with Crippen LogP contribution in [-0.2, 0) is 4.79 Å². The molecule has 0 aliphatic heterocycles. The van der Waals surface area contributed by atoms with Gasteiger partial charge in [-0.25, -0.2) is 0 Å². The molecule has 2 heteroatoms. The summed E-state index contributed by atoms with van der Waals surface area (Å²) in [6.45, 7) is 0. The highest BCUT2D eigenvalue weighted by molar-refractivity contribution is 5.96. The lowest BCUT2D eigenvalue weighted by atomic mass is 9.94. The number of hydrogen-bond acceptors (Lipinski definition) is 2. The molecule has 0 aromatic carbocycles. The van der Waals surface area contributed by atoms with E-state index < -0.39 is 0 Å². The average molecular weight is 207 g/mol. The van der Waals surface area contributed by atoms with Crippen molar-refractivity contribution in [1.82, 2.24) is 0 Å². The van der Waals surface area contributed by atoms with Crippen molar-refractivity contribution in [2.75, 3.05) is 0 Å². The largest absolute Gasteiger partial charge is 0.325 e. The Hall–Kier alpha value is -0.630. The van der Waals surface area contributed by atoms with Crippen molar-refractivity contribution >= 4 is 5.78 Å². The van der Waals surface area contributed by atoms with Crippen LogP contribution in [0.15, 0.2) is 11.6 Å². The molecule has 0 bridgehead atoms. The summed E-state index contributed by atoms with van der Waals surface area (Å²) in [5.74, 6) is 0.317. The van der Waals surface area contributed by atoms with Gasteiger partial charge in [0.15, 0.2) is 5.78 Å². The number of ketones is 1. The molecule has 0 saturated heterocycles.